The van der Waals surface area contributed by atoms with Gasteiger partial charge in [0.2, 0.25) is 0 Å². The van der Waals surface area contributed by atoms with Crippen molar-refractivity contribution < 1.29 is 19.4 Å². The largest absolute Gasteiger partial charge is 0.481 e. The second-order valence-electron chi connectivity index (χ2n) is 7.48. The molecule has 0 saturated heterocycles. The van der Waals surface area contributed by atoms with Crippen LogP contribution in [0.5, 0.6) is 0 Å². The maximum Gasteiger partial charge on any atom is 0.320 e. The van der Waals surface area contributed by atoms with Crippen molar-refractivity contribution in [2.75, 3.05) is 6.61 Å². The van der Waals surface area contributed by atoms with E-state index in [4.69, 9.17) is 9.84 Å². The number of rotatable bonds is 13. The van der Waals surface area contributed by atoms with E-state index in [0.717, 1.165) is 24.7 Å². The second-order valence-corrected chi connectivity index (χ2v) is 7.48. The number of carboxylic acid groups (broad SMARTS) is 1. The summed E-state index contributed by atoms with van der Waals surface area (Å²) < 4.78 is 5.02. The van der Waals surface area contributed by atoms with E-state index >= 15 is 0 Å². The van der Waals surface area contributed by atoms with E-state index in [1.165, 1.54) is 39.0 Å². The average molecular weight is 328 g/mol. The van der Waals surface area contributed by atoms with E-state index in [1.54, 1.807) is 0 Å². The van der Waals surface area contributed by atoms with Gasteiger partial charge in [-0.1, -0.05) is 66.2 Å². The van der Waals surface area contributed by atoms with Crippen molar-refractivity contribution in [1.29, 1.82) is 0 Å². The van der Waals surface area contributed by atoms with E-state index < -0.39 is 17.9 Å². The number of carboxylic acids is 1. The summed E-state index contributed by atoms with van der Waals surface area (Å²) in [5, 5.41) is 8.72. The molecule has 0 bridgehead atoms. The smallest absolute Gasteiger partial charge is 0.320 e. The van der Waals surface area contributed by atoms with Gasteiger partial charge in [-0.2, -0.15) is 0 Å². The molecular weight excluding hydrogens is 292 g/mol. The Morgan fingerprint density at radius 2 is 1.30 bits per heavy atom. The topological polar surface area (TPSA) is 63.6 Å². The van der Waals surface area contributed by atoms with Crippen LogP contribution >= 0.6 is 0 Å². The molecule has 0 aromatic carbocycles. The molecular formula is C19H36O4. The zero-order chi connectivity index (χ0) is 17.8. The van der Waals surface area contributed by atoms with Crippen LogP contribution in [0.4, 0.5) is 0 Å². The van der Waals surface area contributed by atoms with Gasteiger partial charge in [-0.3, -0.25) is 9.59 Å². The molecule has 3 atom stereocenters. The molecule has 4 heteroatoms. The van der Waals surface area contributed by atoms with E-state index in [0.29, 0.717) is 12.5 Å². The Labute approximate surface area is 142 Å². The lowest BCUT2D eigenvalue weighted by atomic mass is 9.93. The average Bonchev–Trinajstić information content (AvgIpc) is 2.45. The quantitative estimate of drug-likeness (QED) is 0.385. The minimum atomic E-state index is -1.13. The Kier molecular flexibility index (Phi) is 11.8. The van der Waals surface area contributed by atoms with Gasteiger partial charge in [0.15, 0.2) is 5.92 Å². The van der Waals surface area contributed by atoms with E-state index in [1.807, 2.05) is 0 Å². The molecule has 0 aliphatic rings. The lowest BCUT2D eigenvalue weighted by Crippen LogP contribution is -2.23. The Balaban J connectivity index is 3.65. The standard InChI is InChI=1S/C19H36O4/c1-14(2)8-6-9-15(3)10-7-11-16(4)12-13-23-19(22)17(5)18(20)21/h14-17H,6-13H2,1-5H3,(H,20,21). The highest BCUT2D eigenvalue weighted by atomic mass is 16.5. The molecule has 0 radical (unpaired) electrons. The molecule has 0 saturated carbocycles. The fraction of sp³-hybridized carbons (Fsp3) is 0.895. The van der Waals surface area contributed by atoms with Crippen LogP contribution in [0.1, 0.15) is 79.6 Å². The number of carbonyl (C=O) groups excluding carboxylic acids is 1. The first-order valence-corrected chi connectivity index (χ1v) is 9.13. The minimum Gasteiger partial charge on any atom is -0.481 e. The van der Waals surface area contributed by atoms with Crippen molar-refractivity contribution in [3.63, 3.8) is 0 Å². The fourth-order valence-corrected chi connectivity index (χ4v) is 2.56. The highest BCUT2D eigenvalue weighted by Crippen LogP contribution is 2.20. The predicted molar refractivity (Wildman–Crippen MR) is 93.2 cm³/mol. The number of ether oxygens (including phenoxy) is 1. The number of hydrogen-bond donors (Lipinski definition) is 1. The zero-order valence-electron chi connectivity index (χ0n) is 15.6. The molecule has 136 valence electrons. The van der Waals surface area contributed by atoms with Crippen LogP contribution in [0.2, 0.25) is 0 Å². The van der Waals surface area contributed by atoms with E-state index in [-0.39, 0.29) is 0 Å². The summed E-state index contributed by atoms with van der Waals surface area (Å²) in [6, 6.07) is 0. The molecule has 3 unspecified atom stereocenters. The molecule has 0 spiro atoms. The zero-order valence-corrected chi connectivity index (χ0v) is 15.6. The van der Waals surface area contributed by atoms with Gasteiger partial charge in [0.25, 0.3) is 0 Å². The molecule has 4 nitrogen and oxygen atoms in total. The molecule has 0 fully saturated rings. The Morgan fingerprint density at radius 1 is 0.826 bits per heavy atom. The number of hydrogen-bond acceptors (Lipinski definition) is 3. The van der Waals surface area contributed by atoms with Crippen LogP contribution in [-0.4, -0.2) is 23.7 Å². The number of esters is 1. The van der Waals surface area contributed by atoms with Crippen LogP contribution in [0.3, 0.4) is 0 Å². The maximum absolute atomic E-state index is 11.4. The Hall–Kier alpha value is -1.06. The van der Waals surface area contributed by atoms with Crippen molar-refractivity contribution >= 4 is 11.9 Å². The van der Waals surface area contributed by atoms with Crippen molar-refractivity contribution in [3.05, 3.63) is 0 Å². The molecule has 1 N–H and O–H groups in total. The first-order chi connectivity index (χ1) is 10.7. The lowest BCUT2D eigenvalue weighted by molar-refractivity contribution is -0.157. The van der Waals surface area contributed by atoms with E-state index in [2.05, 4.69) is 27.7 Å². The number of carbonyl (C=O) groups is 2. The summed E-state index contributed by atoms with van der Waals surface area (Å²) in [7, 11) is 0. The van der Waals surface area contributed by atoms with Gasteiger partial charge in [0.1, 0.15) is 0 Å². The van der Waals surface area contributed by atoms with Crippen molar-refractivity contribution in [2.45, 2.75) is 79.6 Å². The maximum atomic E-state index is 11.4. The normalized spacial score (nSPS) is 15.2. The molecule has 23 heavy (non-hydrogen) atoms. The minimum absolute atomic E-state index is 0.321. The third kappa shape index (κ3) is 12.1. The van der Waals surface area contributed by atoms with Gasteiger partial charge >= 0.3 is 11.9 Å². The van der Waals surface area contributed by atoms with Crippen molar-refractivity contribution in [1.82, 2.24) is 0 Å². The SMILES string of the molecule is CC(C)CCCC(C)CCCC(C)CCOC(=O)C(C)C(=O)O. The van der Waals surface area contributed by atoms with Gasteiger partial charge < -0.3 is 9.84 Å². The molecule has 0 aliphatic heterocycles. The van der Waals surface area contributed by atoms with Gasteiger partial charge in [0.05, 0.1) is 6.61 Å². The molecule has 0 aliphatic carbocycles. The molecule has 0 rings (SSSR count). The molecule has 0 aromatic heterocycles. The van der Waals surface area contributed by atoms with Crippen molar-refractivity contribution in [2.24, 2.45) is 23.7 Å². The van der Waals surface area contributed by atoms with E-state index in [9.17, 15) is 9.59 Å². The monoisotopic (exact) mass is 328 g/mol. The fourth-order valence-electron chi connectivity index (χ4n) is 2.56. The van der Waals surface area contributed by atoms with Crippen LogP contribution < -0.4 is 0 Å². The van der Waals surface area contributed by atoms with Crippen LogP contribution in [0.25, 0.3) is 0 Å². The summed E-state index contributed by atoms with van der Waals surface area (Å²) in [5.41, 5.74) is 0. The number of aliphatic carboxylic acids is 1. The third-order valence-electron chi connectivity index (χ3n) is 4.45. The third-order valence-corrected chi connectivity index (χ3v) is 4.45. The summed E-state index contributed by atoms with van der Waals surface area (Å²) >= 11 is 0. The molecule has 0 heterocycles. The first kappa shape index (κ1) is 21.9. The molecule has 0 amide bonds. The molecule has 0 aromatic rings. The van der Waals surface area contributed by atoms with Gasteiger partial charge in [-0.05, 0) is 31.1 Å². The Morgan fingerprint density at radius 3 is 1.78 bits per heavy atom. The van der Waals surface area contributed by atoms with Crippen molar-refractivity contribution in [3.8, 4) is 0 Å². The summed E-state index contributed by atoms with van der Waals surface area (Å²) in [6.45, 7) is 10.7. The summed E-state index contributed by atoms with van der Waals surface area (Å²) in [4.78, 5) is 22.1. The summed E-state index contributed by atoms with van der Waals surface area (Å²) in [5.74, 6) is -0.746. The highest BCUT2D eigenvalue weighted by molar-refractivity contribution is 5.93. The van der Waals surface area contributed by atoms with Gasteiger partial charge in [-0.25, -0.2) is 0 Å². The van der Waals surface area contributed by atoms with Crippen LogP contribution in [-0.2, 0) is 14.3 Å². The highest BCUT2D eigenvalue weighted by Gasteiger charge is 2.21. The van der Waals surface area contributed by atoms with Crippen LogP contribution in [0, 0.1) is 23.7 Å². The van der Waals surface area contributed by atoms with Crippen LogP contribution in [0.15, 0.2) is 0 Å². The summed E-state index contributed by atoms with van der Waals surface area (Å²) in [6.07, 6.45) is 8.38. The van der Waals surface area contributed by atoms with Gasteiger partial charge in [0, 0.05) is 0 Å². The predicted octanol–water partition coefficient (Wildman–Crippen LogP) is 4.91. The second kappa shape index (κ2) is 12.4. The Bertz CT molecular complexity index is 338. The van der Waals surface area contributed by atoms with Gasteiger partial charge in [-0.15, -0.1) is 0 Å². The lowest BCUT2D eigenvalue weighted by Gasteiger charge is -2.15. The first-order valence-electron chi connectivity index (χ1n) is 9.13.